The molecule has 2 unspecified atom stereocenters. The van der Waals surface area contributed by atoms with E-state index in [0.717, 1.165) is 11.1 Å². The first-order valence-electron chi connectivity index (χ1n) is 14.9. The van der Waals surface area contributed by atoms with Crippen molar-refractivity contribution in [2.75, 3.05) is 24.4 Å². The van der Waals surface area contributed by atoms with Crippen molar-refractivity contribution in [1.82, 2.24) is 21.3 Å². The van der Waals surface area contributed by atoms with Gasteiger partial charge in [-0.05, 0) is 55.5 Å². The summed E-state index contributed by atoms with van der Waals surface area (Å²) in [5, 5.41) is 22.4. The highest BCUT2D eigenvalue weighted by molar-refractivity contribution is 7.81. The quantitative estimate of drug-likeness (QED) is 0.144. The Labute approximate surface area is 266 Å². The lowest BCUT2D eigenvalue weighted by Crippen LogP contribution is -2.55. The summed E-state index contributed by atoms with van der Waals surface area (Å²) in [6.07, 6.45) is -0.467. The summed E-state index contributed by atoms with van der Waals surface area (Å²) in [5.74, 6) is -0.738. The largest absolute Gasteiger partial charge is 0.391 e. The number of aliphatic hydroxyl groups excluding tert-OH is 1. The second kappa shape index (κ2) is 16.8. The molecule has 44 heavy (non-hydrogen) atoms. The molecule has 236 valence electrons. The third kappa shape index (κ3) is 10.7. The molecule has 3 aromatic rings. The van der Waals surface area contributed by atoms with Gasteiger partial charge in [-0.1, -0.05) is 87.3 Å². The number of thiol groups is 1. The summed E-state index contributed by atoms with van der Waals surface area (Å²) in [6, 6.07) is 22.7. The molecular weight excluding hydrogens is 574 g/mol. The van der Waals surface area contributed by atoms with Crippen molar-refractivity contribution in [3.8, 4) is 0 Å². The van der Waals surface area contributed by atoms with E-state index in [2.05, 4.69) is 34.1 Å². The number of benzene rings is 3. The van der Waals surface area contributed by atoms with E-state index < -0.39 is 18.2 Å². The van der Waals surface area contributed by atoms with Crippen molar-refractivity contribution in [3.05, 3.63) is 101 Å². The van der Waals surface area contributed by atoms with Crippen LogP contribution < -0.4 is 25.6 Å². The van der Waals surface area contributed by atoms with Crippen molar-refractivity contribution in [2.24, 2.45) is 5.92 Å². The van der Waals surface area contributed by atoms with E-state index in [4.69, 9.17) is 0 Å². The fourth-order valence-corrected chi connectivity index (χ4v) is 4.79. The molecule has 3 amide bonds. The minimum Gasteiger partial charge on any atom is -0.391 e. The number of hydrogen-bond donors (Lipinski definition) is 6. The summed E-state index contributed by atoms with van der Waals surface area (Å²) in [4.78, 5) is 39.8. The smallest absolute Gasteiger partial charge is 0.251 e. The van der Waals surface area contributed by atoms with Crippen LogP contribution in [-0.4, -0.2) is 61.2 Å². The average molecular weight is 620 g/mol. The van der Waals surface area contributed by atoms with E-state index in [1.54, 1.807) is 36.5 Å². The second-order valence-corrected chi connectivity index (χ2v) is 12.1. The van der Waals surface area contributed by atoms with Crippen LogP contribution in [0.2, 0.25) is 0 Å². The molecule has 0 spiro atoms. The number of anilines is 1. The van der Waals surface area contributed by atoms with Gasteiger partial charge in [0.2, 0.25) is 5.91 Å². The normalized spacial score (nSPS) is 13.8. The first kappa shape index (κ1) is 34.6. The van der Waals surface area contributed by atoms with Gasteiger partial charge in [0.15, 0.2) is 0 Å². The van der Waals surface area contributed by atoms with Crippen LogP contribution in [0, 0.1) is 5.92 Å². The number of carbonyl (C=O) groups excluding carboxylic acids is 3. The molecule has 0 radical (unpaired) electrons. The minimum atomic E-state index is -0.947. The van der Waals surface area contributed by atoms with Gasteiger partial charge >= 0.3 is 0 Å². The Hall–Kier alpha value is -3.86. The third-order valence-corrected chi connectivity index (χ3v) is 7.39. The number of aliphatic hydroxyl groups is 1. The van der Waals surface area contributed by atoms with E-state index in [-0.39, 0.29) is 36.2 Å². The lowest BCUT2D eigenvalue weighted by atomic mass is 10.0. The monoisotopic (exact) mass is 619 g/mol. The maximum Gasteiger partial charge on any atom is 0.251 e. The van der Waals surface area contributed by atoms with Crippen LogP contribution in [0.25, 0.3) is 0 Å². The number of carbonyl (C=O) groups is 3. The zero-order valence-electron chi connectivity index (χ0n) is 26.1. The van der Waals surface area contributed by atoms with Crippen LogP contribution >= 0.6 is 12.8 Å². The van der Waals surface area contributed by atoms with Crippen LogP contribution in [-0.2, 0) is 11.2 Å². The third-order valence-electron chi connectivity index (χ3n) is 7.16. The molecule has 0 aliphatic rings. The van der Waals surface area contributed by atoms with Gasteiger partial charge in [-0.15, -0.1) is 0 Å². The maximum absolute atomic E-state index is 13.7. The SMILES string of the molecule is CC(C)CNC(=O)C(NC[C@H](Cc1ccccc1)NC(=O)c1cc(C(=O)N[C@H](C)c2ccccc2)cc(N(C)S)c1)C(C)O. The van der Waals surface area contributed by atoms with Gasteiger partial charge in [0.25, 0.3) is 11.8 Å². The molecule has 0 saturated heterocycles. The lowest BCUT2D eigenvalue weighted by molar-refractivity contribution is -0.125. The second-order valence-electron chi connectivity index (χ2n) is 11.5. The predicted molar refractivity (Wildman–Crippen MR) is 179 cm³/mol. The number of hydrogen-bond acceptors (Lipinski definition) is 7. The molecule has 4 atom stereocenters. The summed E-state index contributed by atoms with van der Waals surface area (Å²) >= 11 is 4.40. The van der Waals surface area contributed by atoms with Crippen LogP contribution in [0.3, 0.4) is 0 Å². The minimum absolute atomic E-state index is 0.222. The zero-order chi connectivity index (χ0) is 32.2. The Morgan fingerprint density at radius 3 is 1.93 bits per heavy atom. The molecule has 0 aromatic heterocycles. The van der Waals surface area contributed by atoms with E-state index in [1.807, 2.05) is 81.4 Å². The Balaban J connectivity index is 1.82. The number of rotatable bonds is 15. The zero-order valence-corrected chi connectivity index (χ0v) is 27.0. The molecule has 0 aliphatic heterocycles. The molecule has 0 saturated carbocycles. The summed E-state index contributed by atoms with van der Waals surface area (Å²) < 4.78 is 1.54. The maximum atomic E-state index is 13.7. The fourth-order valence-electron chi connectivity index (χ4n) is 4.67. The van der Waals surface area contributed by atoms with Crippen LogP contribution in [0.4, 0.5) is 5.69 Å². The van der Waals surface area contributed by atoms with E-state index in [0.29, 0.717) is 29.8 Å². The van der Waals surface area contributed by atoms with Gasteiger partial charge in [-0.2, -0.15) is 0 Å². The number of nitrogens with zero attached hydrogens (tertiary/aromatic N) is 1. The highest BCUT2D eigenvalue weighted by Crippen LogP contribution is 2.21. The average Bonchev–Trinajstić information content (AvgIpc) is 3.00. The summed E-state index contributed by atoms with van der Waals surface area (Å²) in [7, 11) is 1.72. The molecule has 0 aliphatic carbocycles. The van der Waals surface area contributed by atoms with Crippen molar-refractivity contribution >= 4 is 36.2 Å². The Bertz CT molecular complexity index is 1370. The van der Waals surface area contributed by atoms with Crippen LogP contribution in [0.1, 0.15) is 65.6 Å². The standard InChI is InChI=1S/C34H45N5O4S/c1-22(2)20-36-34(43)31(24(4)40)35-21-29(16-25-12-8-6-9-13-25)38-33(42)28-17-27(18-30(19-28)39(5)44)32(41)37-23(3)26-14-10-7-11-15-26/h6-15,17-19,22-24,29,31,35,40,44H,16,20-21H2,1-5H3,(H,36,43)(H,37,41)(H,38,42)/t23-,24?,29+,31?/m1/s1. The molecule has 3 rings (SSSR count). The Kier molecular flexibility index (Phi) is 13.3. The van der Waals surface area contributed by atoms with Gasteiger partial charge in [0, 0.05) is 43.0 Å². The Morgan fingerprint density at radius 2 is 1.39 bits per heavy atom. The van der Waals surface area contributed by atoms with Gasteiger partial charge < -0.3 is 30.7 Å². The summed E-state index contributed by atoms with van der Waals surface area (Å²) in [5.41, 5.74) is 3.15. The first-order chi connectivity index (χ1) is 20.9. The van der Waals surface area contributed by atoms with Gasteiger partial charge in [0.05, 0.1) is 12.1 Å². The van der Waals surface area contributed by atoms with Crippen molar-refractivity contribution < 1.29 is 19.5 Å². The molecule has 3 aromatic carbocycles. The molecular formula is C34H45N5O4S. The molecule has 9 nitrogen and oxygen atoms in total. The number of nitrogens with one attached hydrogen (secondary N) is 4. The van der Waals surface area contributed by atoms with Crippen molar-refractivity contribution in [1.29, 1.82) is 0 Å². The molecule has 0 heterocycles. The van der Waals surface area contributed by atoms with Gasteiger partial charge in [-0.25, -0.2) is 0 Å². The predicted octanol–water partition coefficient (Wildman–Crippen LogP) is 3.91. The van der Waals surface area contributed by atoms with Crippen LogP contribution in [0.15, 0.2) is 78.9 Å². The first-order valence-corrected chi connectivity index (χ1v) is 15.3. The van der Waals surface area contributed by atoms with Crippen molar-refractivity contribution in [3.63, 3.8) is 0 Å². The van der Waals surface area contributed by atoms with Crippen LogP contribution in [0.5, 0.6) is 0 Å². The lowest BCUT2D eigenvalue weighted by Gasteiger charge is -2.26. The summed E-state index contributed by atoms with van der Waals surface area (Å²) in [6.45, 7) is 8.16. The number of amides is 3. The highest BCUT2D eigenvalue weighted by atomic mass is 32.1. The van der Waals surface area contributed by atoms with Gasteiger partial charge in [-0.3, -0.25) is 14.4 Å². The van der Waals surface area contributed by atoms with Gasteiger partial charge in [0.1, 0.15) is 6.04 Å². The highest BCUT2D eigenvalue weighted by Gasteiger charge is 2.26. The van der Waals surface area contributed by atoms with E-state index >= 15 is 0 Å². The molecule has 10 heteroatoms. The Morgan fingerprint density at radius 1 is 0.818 bits per heavy atom. The molecule has 5 N–H and O–H groups in total. The topological polar surface area (TPSA) is 123 Å². The van der Waals surface area contributed by atoms with E-state index in [1.165, 1.54) is 0 Å². The molecule has 0 fully saturated rings. The molecule has 0 bridgehead atoms. The fraction of sp³-hybridized carbons (Fsp3) is 0.382. The van der Waals surface area contributed by atoms with Crippen molar-refractivity contribution in [2.45, 2.75) is 58.3 Å². The van der Waals surface area contributed by atoms with E-state index in [9.17, 15) is 19.5 Å².